The van der Waals surface area contributed by atoms with Crippen LogP contribution >= 0.6 is 23.2 Å². The fraction of sp³-hybridized carbons (Fsp3) is 0.185. The summed E-state index contributed by atoms with van der Waals surface area (Å²) in [4.78, 5) is 71.7. The molecule has 23 nitrogen and oxygen atoms in total. The molecule has 0 saturated heterocycles. The van der Waals surface area contributed by atoms with E-state index < -0.39 is 45.8 Å². The van der Waals surface area contributed by atoms with E-state index in [4.69, 9.17) is 34.0 Å². The van der Waals surface area contributed by atoms with Gasteiger partial charge in [-0.1, -0.05) is 46.6 Å². The van der Waals surface area contributed by atoms with Crippen LogP contribution in [0.5, 0.6) is 0 Å². The number of nitrogens with zero attached hydrogens (tertiary/aromatic N) is 14. The smallest absolute Gasteiger partial charge is 0.362 e. The lowest BCUT2D eigenvalue weighted by Gasteiger charge is -2.09. The lowest BCUT2D eigenvalue weighted by Crippen LogP contribution is -2.43. The molecule has 0 saturated carbocycles. The van der Waals surface area contributed by atoms with Gasteiger partial charge in [0, 0.05) is 28.2 Å². The minimum absolute atomic E-state index is 0.0429. The number of para-hydroxylation sites is 2. The Morgan fingerprint density at radius 2 is 1.12 bits per heavy atom. The van der Waals surface area contributed by atoms with Gasteiger partial charge < -0.3 is 10.8 Å². The Kier molecular flexibility index (Phi) is 13.9. The van der Waals surface area contributed by atoms with Gasteiger partial charge in [0.25, 0.3) is 17.0 Å². The molecular formula is C27H28Cl2N16O7. The second-order valence-electron chi connectivity index (χ2n) is 9.61. The van der Waals surface area contributed by atoms with Gasteiger partial charge >= 0.3 is 17.3 Å². The van der Waals surface area contributed by atoms with Gasteiger partial charge in [0.2, 0.25) is 23.3 Å². The number of amides is 1. The van der Waals surface area contributed by atoms with Crippen molar-refractivity contribution in [1.82, 2.24) is 69.1 Å². The molecule has 2 aromatic carbocycles. The summed E-state index contributed by atoms with van der Waals surface area (Å²) in [5.74, 6) is -1.92. The van der Waals surface area contributed by atoms with Crippen LogP contribution in [0.4, 0.5) is 11.9 Å². The van der Waals surface area contributed by atoms with Crippen molar-refractivity contribution in [3.8, 4) is 11.4 Å². The molecule has 6 aromatic rings. The fourth-order valence-corrected chi connectivity index (χ4v) is 3.76. The van der Waals surface area contributed by atoms with Crippen molar-refractivity contribution in [1.29, 1.82) is 0 Å². The van der Waals surface area contributed by atoms with Crippen molar-refractivity contribution in [2.45, 2.75) is 0 Å². The van der Waals surface area contributed by atoms with Gasteiger partial charge in [-0.25, -0.2) is 42.2 Å². The minimum Gasteiger partial charge on any atom is -0.476 e. The zero-order chi connectivity index (χ0) is 38.5. The summed E-state index contributed by atoms with van der Waals surface area (Å²) in [6, 6.07) is 16.3. The predicted octanol–water partition coefficient (Wildman–Crippen LogP) is -1.45. The average Bonchev–Trinajstić information content (AvgIpc) is 3.71. The van der Waals surface area contributed by atoms with Gasteiger partial charge in [-0.3, -0.25) is 19.7 Å². The van der Waals surface area contributed by atoms with Crippen LogP contribution in [0.3, 0.4) is 0 Å². The van der Waals surface area contributed by atoms with E-state index in [1.807, 2.05) is 0 Å². The van der Waals surface area contributed by atoms with Gasteiger partial charge in [-0.2, -0.15) is 10.2 Å². The van der Waals surface area contributed by atoms with E-state index in [0.717, 1.165) is 18.5 Å². The van der Waals surface area contributed by atoms with Gasteiger partial charge in [0.05, 0.1) is 16.7 Å². The Balaban J connectivity index is 0.000000227. The van der Waals surface area contributed by atoms with E-state index in [1.165, 1.54) is 42.6 Å². The Hall–Kier alpha value is -6.88. The fourth-order valence-electron chi connectivity index (χ4n) is 3.76. The number of hydrogen-bond acceptors (Lipinski definition) is 15. The van der Waals surface area contributed by atoms with Crippen molar-refractivity contribution in [3.63, 3.8) is 0 Å². The van der Waals surface area contributed by atoms with Gasteiger partial charge in [0.15, 0.2) is 0 Å². The summed E-state index contributed by atoms with van der Waals surface area (Å²) < 4.78 is 5.99. The molecule has 4 N–H and O–H groups in total. The summed E-state index contributed by atoms with van der Waals surface area (Å²) in [6.45, 7) is 0. The number of carbonyl (C=O) groups excluding carboxylic acids is 1. The highest BCUT2D eigenvalue weighted by molar-refractivity contribution is 6.40. The third kappa shape index (κ3) is 9.63. The number of nitrogens with two attached hydrogens (primary N) is 1. The standard InChI is InChI=1S/C13H12N8O3.C11H9N3O4.C2H5N5.CH2Cl2/c1-19-12(15-17-18-19)14-10(22)9-11(23)21(13(24)20(2)16-9)8-6-4-3-5-7-8;1-13-11(18)14(7-5-3-2-4-6-7)9(15)8(12-13)10(16)17;1-7-2(3)4-5-6-7;2-1-3/h3-7H,1-2H3,(H,14,15,18,22);2-6H,1H3,(H,16,17);1H3,(H2,3,4,6);1H2. The van der Waals surface area contributed by atoms with Crippen LogP contribution in [0.1, 0.15) is 21.0 Å². The number of carboxylic acids is 1. The lowest BCUT2D eigenvalue weighted by molar-refractivity contribution is 0.0684. The highest BCUT2D eigenvalue weighted by atomic mass is 35.5. The molecular weight excluding hydrogens is 731 g/mol. The van der Waals surface area contributed by atoms with Gasteiger partial charge in [-0.05, 0) is 45.1 Å². The molecule has 0 fully saturated rings. The normalized spacial score (nSPS) is 10.0. The number of nitrogen functional groups attached to an aromatic ring is 1. The first-order valence-electron chi connectivity index (χ1n) is 14.1. The third-order valence-electron chi connectivity index (χ3n) is 6.19. The molecule has 0 bridgehead atoms. The number of anilines is 2. The number of benzene rings is 2. The second kappa shape index (κ2) is 18.2. The quantitative estimate of drug-likeness (QED) is 0.169. The van der Waals surface area contributed by atoms with Crippen molar-refractivity contribution in [3.05, 3.63) is 114 Å². The van der Waals surface area contributed by atoms with E-state index in [2.05, 4.69) is 46.6 Å². The molecule has 6 rings (SSSR count). The van der Waals surface area contributed by atoms with E-state index in [0.29, 0.717) is 17.3 Å². The van der Waals surface area contributed by atoms with Crippen molar-refractivity contribution >= 4 is 47.0 Å². The molecule has 0 radical (unpaired) electrons. The number of nitrogens with one attached hydrogen (secondary N) is 1. The van der Waals surface area contributed by atoms with E-state index in [9.17, 15) is 28.8 Å². The summed E-state index contributed by atoms with van der Waals surface area (Å²) in [5, 5.41) is 39.2. The zero-order valence-corrected chi connectivity index (χ0v) is 29.0. The monoisotopic (exact) mass is 758 g/mol. The Morgan fingerprint density at radius 1 is 0.692 bits per heavy atom. The topological polar surface area (TPSA) is 293 Å². The molecule has 4 heterocycles. The van der Waals surface area contributed by atoms with E-state index >= 15 is 0 Å². The van der Waals surface area contributed by atoms with Gasteiger partial charge in [-0.15, -0.1) is 23.2 Å². The van der Waals surface area contributed by atoms with Crippen LogP contribution in [-0.4, -0.2) is 91.4 Å². The molecule has 0 aliphatic rings. The number of aromatic carboxylic acids is 1. The molecule has 52 heavy (non-hydrogen) atoms. The van der Waals surface area contributed by atoms with Crippen LogP contribution in [0.15, 0.2) is 79.8 Å². The summed E-state index contributed by atoms with van der Waals surface area (Å²) >= 11 is 9.53. The molecule has 25 heteroatoms. The maximum absolute atomic E-state index is 12.6. The lowest BCUT2D eigenvalue weighted by atomic mass is 10.3. The Bertz CT molecular complexity index is 2370. The van der Waals surface area contributed by atoms with Crippen LogP contribution in [0.25, 0.3) is 11.4 Å². The molecule has 4 aromatic heterocycles. The number of alkyl halides is 2. The molecule has 0 atom stereocenters. The first kappa shape index (κ1) is 39.6. The highest BCUT2D eigenvalue weighted by Gasteiger charge is 2.21. The molecule has 272 valence electrons. The molecule has 0 spiro atoms. The van der Waals surface area contributed by atoms with Crippen LogP contribution in [0, 0.1) is 0 Å². The zero-order valence-electron chi connectivity index (χ0n) is 27.5. The van der Waals surface area contributed by atoms with E-state index in [-0.39, 0.29) is 11.3 Å². The first-order valence-corrected chi connectivity index (χ1v) is 15.2. The predicted molar refractivity (Wildman–Crippen MR) is 184 cm³/mol. The SMILES string of the molecule is ClCCl.Cn1nc(C(=O)O)c(=O)n(-c2ccccc2)c1=O.Cn1nnnc1N.Cn1nnnc1NC(=O)c1nn(C)c(=O)n(-c2ccccc2)c1=O. The number of aromatic nitrogens is 14. The number of tetrazole rings is 2. The largest absolute Gasteiger partial charge is 0.476 e. The first-order chi connectivity index (χ1) is 24.7. The molecule has 0 unspecified atom stereocenters. The summed E-state index contributed by atoms with van der Waals surface area (Å²) in [6.07, 6.45) is 0. The van der Waals surface area contributed by atoms with Crippen LogP contribution in [-0.2, 0) is 28.2 Å². The minimum atomic E-state index is -1.47. The Morgan fingerprint density at radius 3 is 1.48 bits per heavy atom. The summed E-state index contributed by atoms with van der Waals surface area (Å²) in [7, 11) is 5.83. The number of aryl methyl sites for hydroxylation is 4. The van der Waals surface area contributed by atoms with Crippen molar-refractivity contribution in [2.75, 3.05) is 16.4 Å². The number of halogens is 2. The second-order valence-corrected chi connectivity index (χ2v) is 10.4. The molecule has 0 aliphatic carbocycles. The summed E-state index contributed by atoms with van der Waals surface area (Å²) in [5.41, 5.74) is 1.51. The maximum atomic E-state index is 12.6. The Labute approximate surface area is 300 Å². The number of carbonyl (C=O) groups is 2. The van der Waals surface area contributed by atoms with Crippen LogP contribution < -0.4 is 33.5 Å². The number of carboxylic acid groups (broad SMARTS) is 1. The van der Waals surface area contributed by atoms with E-state index in [1.54, 1.807) is 55.6 Å². The molecule has 1 amide bonds. The van der Waals surface area contributed by atoms with Crippen molar-refractivity contribution in [2.24, 2.45) is 28.2 Å². The number of hydrogen-bond donors (Lipinski definition) is 3. The molecule has 0 aliphatic heterocycles. The average molecular weight is 760 g/mol. The van der Waals surface area contributed by atoms with Crippen LogP contribution in [0.2, 0.25) is 0 Å². The van der Waals surface area contributed by atoms with Crippen molar-refractivity contribution < 1.29 is 14.7 Å². The number of rotatable bonds is 5. The maximum Gasteiger partial charge on any atom is 0.362 e. The third-order valence-corrected chi connectivity index (χ3v) is 6.19. The van der Waals surface area contributed by atoms with Gasteiger partial charge in [0.1, 0.15) is 0 Å². The highest BCUT2D eigenvalue weighted by Crippen LogP contribution is 2.03.